The molecule has 2 nitrogen and oxygen atoms in total. The Balaban J connectivity index is 0.000000494. The molecule has 2 aliphatic carbocycles. The molecule has 0 spiro atoms. The van der Waals surface area contributed by atoms with Gasteiger partial charge in [-0.3, -0.25) is 4.79 Å². The first kappa shape index (κ1) is 24.4. The zero-order valence-electron chi connectivity index (χ0n) is 16.9. The van der Waals surface area contributed by atoms with Crippen molar-refractivity contribution in [2.24, 2.45) is 0 Å². The van der Waals surface area contributed by atoms with E-state index in [-0.39, 0.29) is 0 Å². The van der Waals surface area contributed by atoms with Crippen LogP contribution in [-0.2, 0) is 4.79 Å². The smallest absolute Gasteiger partial charge is 0.303 e. The highest BCUT2D eigenvalue weighted by molar-refractivity contribution is 5.66. The summed E-state index contributed by atoms with van der Waals surface area (Å²) in [6.07, 6.45) is 33.4. The van der Waals surface area contributed by atoms with Gasteiger partial charge in [-0.05, 0) is 19.3 Å². The van der Waals surface area contributed by atoms with Crippen LogP contribution in [0, 0.1) is 0 Å². The summed E-state index contributed by atoms with van der Waals surface area (Å²) in [6.45, 7) is 2.25. The van der Waals surface area contributed by atoms with E-state index in [2.05, 4.69) is 55.5 Å². The van der Waals surface area contributed by atoms with Gasteiger partial charge in [0.05, 0.1) is 0 Å². The third-order valence-corrected chi connectivity index (χ3v) is 4.31. The lowest BCUT2D eigenvalue weighted by Crippen LogP contribution is -1.93. The molecule has 2 rings (SSSR count). The summed E-state index contributed by atoms with van der Waals surface area (Å²) in [5, 5.41) is 8.46. The predicted octanol–water partition coefficient (Wildman–Crippen LogP) is 7.78. The van der Waals surface area contributed by atoms with Crippen LogP contribution in [0.1, 0.15) is 96.8 Å². The van der Waals surface area contributed by atoms with E-state index in [0.29, 0.717) is 6.42 Å². The number of aliphatic carboxylic acids is 1. The molecule has 0 amide bonds. The summed E-state index contributed by atoms with van der Waals surface area (Å²) in [5.74, 6) is -0.657. The van der Waals surface area contributed by atoms with Crippen LogP contribution in [0.4, 0.5) is 0 Å². The first-order valence-corrected chi connectivity index (χ1v) is 10.6. The van der Waals surface area contributed by atoms with E-state index in [1.807, 2.05) is 0 Å². The third kappa shape index (κ3) is 22.4. The molecule has 0 aromatic carbocycles. The van der Waals surface area contributed by atoms with Crippen molar-refractivity contribution in [2.75, 3.05) is 0 Å². The molecule has 2 aliphatic rings. The molecule has 0 atom stereocenters. The highest BCUT2D eigenvalue weighted by atomic mass is 16.4. The van der Waals surface area contributed by atoms with Gasteiger partial charge >= 0.3 is 5.97 Å². The van der Waals surface area contributed by atoms with Crippen molar-refractivity contribution in [1.29, 1.82) is 0 Å². The molecule has 0 aromatic heterocycles. The Bertz CT molecular complexity index is 374. The Kier molecular flexibility index (Phi) is 20.2. The third-order valence-electron chi connectivity index (χ3n) is 4.31. The second kappa shape index (κ2) is 21.5. The summed E-state index contributed by atoms with van der Waals surface area (Å²) in [6, 6.07) is 0. The summed E-state index contributed by atoms with van der Waals surface area (Å²) in [4.78, 5) is 10.3. The van der Waals surface area contributed by atoms with E-state index in [1.54, 1.807) is 0 Å². The molecule has 148 valence electrons. The maximum Gasteiger partial charge on any atom is 0.303 e. The molecular formula is C24H40O2. The maximum atomic E-state index is 10.3. The Labute approximate surface area is 161 Å². The van der Waals surface area contributed by atoms with Gasteiger partial charge in [0.1, 0.15) is 0 Å². The second-order valence-corrected chi connectivity index (χ2v) is 6.86. The summed E-state index contributed by atoms with van der Waals surface area (Å²) in [5.41, 5.74) is 0. The van der Waals surface area contributed by atoms with Gasteiger partial charge in [-0.15, -0.1) is 0 Å². The van der Waals surface area contributed by atoms with E-state index >= 15 is 0 Å². The van der Waals surface area contributed by atoms with E-state index in [4.69, 9.17) is 5.11 Å². The number of carboxylic acids is 1. The molecule has 0 unspecified atom stereocenters. The molecule has 0 radical (unpaired) electrons. The monoisotopic (exact) mass is 360 g/mol. The first-order chi connectivity index (χ1) is 12.8. The van der Waals surface area contributed by atoms with E-state index < -0.39 is 5.97 Å². The molecule has 0 heterocycles. The van der Waals surface area contributed by atoms with Crippen molar-refractivity contribution in [3.8, 4) is 0 Å². The van der Waals surface area contributed by atoms with E-state index in [9.17, 15) is 4.79 Å². The van der Waals surface area contributed by atoms with Gasteiger partial charge in [0.25, 0.3) is 0 Å². The van der Waals surface area contributed by atoms with Crippen molar-refractivity contribution in [3.05, 3.63) is 48.6 Å². The van der Waals surface area contributed by atoms with Crippen LogP contribution < -0.4 is 0 Å². The Morgan fingerprint density at radius 1 is 0.654 bits per heavy atom. The van der Waals surface area contributed by atoms with Crippen LogP contribution in [0.5, 0.6) is 0 Å². The van der Waals surface area contributed by atoms with Gasteiger partial charge in [-0.25, -0.2) is 0 Å². The molecule has 0 bridgehead atoms. The van der Waals surface area contributed by atoms with Crippen molar-refractivity contribution in [3.63, 3.8) is 0 Å². The van der Waals surface area contributed by atoms with E-state index in [0.717, 1.165) is 25.7 Å². The summed E-state index contributed by atoms with van der Waals surface area (Å²) < 4.78 is 0. The lowest BCUT2D eigenvalue weighted by atomic mass is 10.1. The number of hydrogen-bond donors (Lipinski definition) is 1. The van der Waals surface area contributed by atoms with Gasteiger partial charge in [0.15, 0.2) is 0 Å². The number of rotatable bonds is 12. The second-order valence-electron chi connectivity index (χ2n) is 6.86. The summed E-state index contributed by atoms with van der Waals surface area (Å²) in [7, 11) is 0. The van der Waals surface area contributed by atoms with Gasteiger partial charge in [-0.2, -0.15) is 0 Å². The van der Waals surface area contributed by atoms with Gasteiger partial charge in [0.2, 0.25) is 0 Å². The standard InChI is InChI=1S/C14H28O2.2C5H6/c1-2-3-4-5-6-7-8-9-10-11-12-13-14(15)16;2*1-2-4-5-3-1/h2-13H2,1H3,(H,15,16);2*1-4H,5H2. The minimum absolute atomic E-state index is 0.344. The number of carbonyl (C=O) groups is 1. The topological polar surface area (TPSA) is 37.3 Å². The zero-order valence-corrected chi connectivity index (χ0v) is 16.9. The van der Waals surface area contributed by atoms with Crippen LogP contribution in [-0.4, -0.2) is 11.1 Å². The number of unbranched alkanes of at least 4 members (excludes halogenated alkanes) is 10. The first-order valence-electron chi connectivity index (χ1n) is 10.6. The van der Waals surface area contributed by atoms with Crippen LogP contribution in [0.15, 0.2) is 48.6 Å². The van der Waals surface area contributed by atoms with Crippen LogP contribution in [0.3, 0.4) is 0 Å². The zero-order chi connectivity index (χ0) is 19.1. The lowest BCUT2D eigenvalue weighted by molar-refractivity contribution is -0.137. The molecule has 0 aliphatic heterocycles. The van der Waals surface area contributed by atoms with Gasteiger partial charge in [-0.1, -0.05) is 120 Å². The predicted molar refractivity (Wildman–Crippen MR) is 115 cm³/mol. The summed E-state index contributed by atoms with van der Waals surface area (Å²) >= 11 is 0. The number of carboxylic acid groups (broad SMARTS) is 1. The average molecular weight is 361 g/mol. The largest absolute Gasteiger partial charge is 0.481 e. The lowest BCUT2D eigenvalue weighted by Gasteiger charge is -2.01. The fourth-order valence-electron chi connectivity index (χ4n) is 2.73. The van der Waals surface area contributed by atoms with Crippen molar-refractivity contribution in [1.82, 2.24) is 0 Å². The molecular weight excluding hydrogens is 320 g/mol. The Morgan fingerprint density at radius 3 is 1.27 bits per heavy atom. The van der Waals surface area contributed by atoms with Crippen LogP contribution >= 0.6 is 0 Å². The fourth-order valence-corrected chi connectivity index (χ4v) is 2.73. The highest BCUT2D eigenvalue weighted by Crippen LogP contribution is 2.11. The quantitative estimate of drug-likeness (QED) is 0.361. The maximum absolute atomic E-state index is 10.3. The van der Waals surface area contributed by atoms with Crippen LogP contribution in [0.2, 0.25) is 0 Å². The molecule has 0 fully saturated rings. The molecule has 0 saturated heterocycles. The van der Waals surface area contributed by atoms with Gasteiger partial charge in [0, 0.05) is 6.42 Å². The Morgan fingerprint density at radius 2 is 1.00 bits per heavy atom. The molecule has 0 saturated carbocycles. The minimum atomic E-state index is -0.657. The normalized spacial score (nSPS) is 13.3. The van der Waals surface area contributed by atoms with Crippen molar-refractivity contribution >= 4 is 5.97 Å². The molecule has 1 N–H and O–H groups in total. The number of allylic oxidation sites excluding steroid dienone is 8. The van der Waals surface area contributed by atoms with Crippen LogP contribution in [0.25, 0.3) is 0 Å². The average Bonchev–Trinajstić information content (AvgIpc) is 3.38. The van der Waals surface area contributed by atoms with Crippen molar-refractivity contribution < 1.29 is 9.90 Å². The molecule has 2 heteroatoms. The highest BCUT2D eigenvalue weighted by Gasteiger charge is 1.96. The molecule has 26 heavy (non-hydrogen) atoms. The fraction of sp³-hybridized carbons (Fsp3) is 0.625. The van der Waals surface area contributed by atoms with Gasteiger partial charge < -0.3 is 5.11 Å². The molecule has 0 aromatic rings. The van der Waals surface area contributed by atoms with E-state index in [1.165, 1.54) is 57.8 Å². The Hall–Kier alpha value is -1.57. The minimum Gasteiger partial charge on any atom is -0.481 e. The SMILES string of the molecule is C1=CCC=C1.C1=CCC=C1.CCCCCCCCCCCCCC(=O)O. The van der Waals surface area contributed by atoms with Crippen molar-refractivity contribution in [2.45, 2.75) is 96.8 Å². The number of hydrogen-bond acceptors (Lipinski definition) is 1.